The molecule has 0 saturated heterocycles. The summed E-state index contributed by atoms with van der Waals surface area (Å²) in [5.74, 6) is 13.5. The van der Waals surface area contributed by atoms with Gasteiger partial charge in [0, 0.05) is 0 Å². The van der Waals surface area contributed by atoms with Crippen molar-refractivity contribution in [1.82, 2.24) is 0 Å². The van der Waals surface area contributed by atoms with Gasteiger partial charge in [-0.1, -0.05) is 25.6 Å². The lowest BCUT2D eigenvalue weighted by Gasteiger charge is -2.01. The lowest BCUT2D eigenvalue weighted by molar-refractivity contribution is 1.81. The van der Waals surface area contributed by atoms with Gasteiger partial charge in [0.25, 0.3) is 0 Å². The van der Waals surface area contributed by atoms with Gasteiger partial charge >= 0.3 is 0 Å². The third kappa shape index (κ3) is 8.90. The van der Waals surface area contributed by atoms with E-state index in [1.165, 1.54) is 0 Å². The van der Waals surface area contributed by atoms with Crippen LogP contribution in [0.25, 0.3) is 0 Å². The lowest BCUT2D eigenvalue weighted by Crippen LogP contribution is -2.16. The van der Waals surface area contributed by atoms with Crippen LogP contribution in [0.5, 0.6) is 0 Å². The molecule has 0 nitrogen and oxygen atoms in total. The molecule has 0 atom stereocenters. The van der Waals surface area contributed by atoms with E-state index in [-0.39, 0.29) is 0 Å². The highest BCUT2D eigenvalue weighted by Gasteiger charge is 2.06. The van der Waals surface area contributed by atoms with Gasteiger partial charge < -0.3 is 0 Å². The van der Waals surface area contributed by atoms with Crippen molar-refractivity contribution in [2.45, 2.75) is 26.6 Å². The standard InChI is InChI=1S/C10H12Si/c1-5-6-7-8-9-10-11(2,3)4/h1-4H3. The van der Waals surface area contributed by atoms with Gasteiger partial charge in [0.15, 0.2) is 0 Å². The molecule has 0 fully saturated rings. The highest BCUT2D eigenvalue weighted by molar-refractivity contribution is 6.83. The molecule has 0 aliphatic rings. The van der Waals surface area contributed by atoms with E-state index in [9.17, 15) is 0 Å². The van der Waals surface area contributed by atoms with E-state index >= 15 is 0 Å². The predicted octanol–water partition coefficient (Wildman–Crippen LogP) is 1.89. The van der Waals surface area contributed by atoms with Gasteiger partial charge in [-0.15, -0.1) is 5.54 Å². The first-order chi connectivity index (χ1) is 5.06. The fourth-order valence-corrected chi connectivity index (χ4v) is 0.781. The third-order valence-corrected chi connectivity index (χ3v) is 1.62. The van der Waals surface area contributed by atoms with Crippen molar-refractivity contribution < 1.29 is 0 Å². The summed E-state index contributed by atoms with van der Waals surface area (Å²) in [6.45, 7) is 8.33. The minimum atomic E-state index is -1.23. The molecular formula is C10H12Si. The molecule has 0 bridgehead atoms. The summed E-state index contributed by atoms with van der Waals surface area (Å²) in [5.41, 5.74) is 3.13. The van der Waals surface area contributed by atoms with E-state index in [0.717, 1.165) is 0 Å². The van der Waals surface area contributed by atoms with Crippen LogP contribution in [-0.4, -0.2) is 8.07 Å². The van der Waals surface area contributed by atoms with Crippen LogP contribution in [0.15, 0.2) is 0 Å². The summed E-state index contributed by atoms with van der Waals surface area (Å²) in [7, 11) is -1.23. The van der Waals surface area contributed by atoms with Crippen molar-refractivity contribution in [3.8, 4) is 35.1 Å². The zero-order chi connectivity index (χ0) is 8.74. The monoisotopic (exact) mass is 160 g/mol. The van der Waals surface area contributed by atoms with E-state index in [2.05, 4.69) is 54.8 Å². The maximum absolute atomic E-state index is 3.13. The van der Waals surface area contributed by atoms with E-state index in [4.69, 9.17) is 0 Å². The Balaban J connectivity index is 4.12. The average molecular weight is 160 g/mol. The summed E-state index contributed by atoms with van der Waals surface area (Å²) in [4.78, 5) is 0. The second kappa shape index (κ2) is 4.67. The van der Waals surface area contributed by atoms with Crippen LogP contribution in [0.1, 0.15) is 6.92 Å². The Kier molecular flexibility index (Phi) is 4.20. The fourth-order valence-electron chi connectivity index (χ4n) is 0.344. The molecule has 0 spiro atoms. The minimum absolute atomic E-state index is 1.23. The Bertz CT molecular complexity index is 285. The van der Waals surface area contributed by atoms with Gasteiger partial charge in [0.05, 0.1) is 0 Å². The second-order valence-corrected chi connectivity index (χ2v) is 7.88. The van der Waals surface area contributed by atoms with Gasteiger partial charge in [-0.25, -0.2) is 0 Å². The molecule has 0 N–H and O–H groups in total. The largest absolute Gasteiger partial charge is 0.130 e. The zero-order valence-electron chi connectivity index (χ0n) is 7.50. The number of hydrogen-bond donors (Lipinski definition) is 0. The molecule has 0 rings (SSSR count). The molecular weight excluding hydrogens is 148 g/mol. The van der Waals surface area contributed by atoms with Crippen LogP contribution in [0.4, 0.5) is 0 Å². The van der Waals surface area contributed by atoms with Crippen molar-refractivity contribution in [3.63, 3.8) is 0 Å². The first-order valence-electron chi connectivity index (χ1n) is 3.50. The van der Waals surface area contributed by atoms with Crippen molar-refractivity contribution in [3.05, 3.63) is 0 Å². The maximum atomic E-state index is 3.13. The zero-order valence-corrected chi connectivity index (χ0v) is 8.50. The molecule has 0 saturated carbocycles. The van der Waals surface area contributed by atoms with E-state index in [1.54, 1.807) is 6.92 Å². The summed E-state index contributed by atoms with van der Waals surface area (Å²) < 4.78 is 0. The highest BCUT2D eigenvalue weighted by Crippen LogP contribution is 1.95. The minimum Gasteiger partial charge on any atom is -0.118 e. The van der Waals surface area contributed by atoms with Crippen molar-refractivity contribution >= 4 is 8.07 Å². The third-order valence-electron chi connectivity index (χ3n) is 0.750. The molecule has 0 heterocycles. The van der Waals surface area contributed by atoms with Crippen LogP contribution in [0, 0.1) is 35.1 Å². The van der Waals surface area contributed by atoms with Crippen molar-refractivity contribution in [1.29, 1.82) is 0 Å². The lowest BCUT2D eigenvalue weighted by atomic mass is 10.5. The topological polar surface area (TPSA) is 0 Å². The van der Waals surface area contributed by atoms with Gasteiger partial charge in [0.1, 0.15) is 8.07 Å². The van der Waals surface area contributed by atoms with Gasteiger partial charge in [-0.3, -0.25) is 0 Å². The van der Waals surface area contributed by atoms with E-state index in [1.807, 2.05) is 0 Å². The molecule has 0 radical (unpaired) electrons. The molecule has 0 amide bonds. The first-order valence-corrected chi connectivity index (χ1v) is 7.00. The van der Waals surface area contributed by atoms with Crippen LogP contribution in [-0.2, 0) is 0 Å². The second-order valence-electron chi connectivity index (χ2n) is 3.12. The molecule has 11 heavy (non-hydrogen) atoms. The van der Waals surface area contributed by atoms with Crippen LogP contribution in [0.3, 0.4) is 0 Å². The normalized spacial score (nSPS) is 7.64. The highest BCUT2D eigenvalue weighted by atomic mass is 28.3. The fraction of sp³-hybridized carbons (Fsp3) is 0.400. The number of rotatable bonds is 0. The Morgan fingerprint density at radius 3 is 1.82 bits per heavy atom. The quantitative estimate of drug-likeness (QED) is 0.375. The van der Waals surface area contributed by atoms with Gasteiger partial charge in [-0.05, 0) is 30.6 Å². The molecule has 56 valence electrons. The smallest absolute Gasteiger partial charge is 0.118 e. The molecule has 1 heteroatoms. The van der Waals surface area contributed by atoms with Gasteiger partial charge in [0.2, 0.25) is 0 Å². The molecule has 0 unspecified atom stereocenters. The summed E-state index contributed by atoms with van der Waals surface area (Å²) in [5, 5.41) is 0. The Morgan fingerprint density at radius 1 is 0.818 bits per heavy atom. The summed E-state index contributed by atoms with van der Waals surface area (Å²) in [6.07, 6.45) is 0. The average Bonchev–Trinajstić information content (AvgIpc) is 1.85. The van der Waals surface area contributed by atoms with E-state index in [0.29, 0.717) is 0 Å². The first kappa shape index (κ1) is 9.90. The molecule has 0 aromatic carbocycles. The van der Waals surface area contributed by atoms with Crippen molar-refractivity contribution in [2.24, 2.45) is 0 Å². The predicted molar refractivity (Wildman–Crippen MR) is 52.3 cm³/mol. The molecule has 0 aliphatic carbocycles. The van der Waals surface area contributed by atoms with Crippen LogP contribution < -0.4 is 0 Å². The Labute approximate surface area is 70.4 Å². The summed E-state index contributed by atoms with van der Waals surface area (Å²) >= 11 is 0. The van der Waals surface area contributed by atoms with Crippen molar-refractivity contribution in [2.75, 3.05) is 0 Å². The SMILES string of the molecule is CC#CC#CC#C[Si](C)(C)C. The number of hydrogen-bond acceptors (Lipinski definition) is 0. The summed E-state index contributed by atoms with van der Waals surface area (Å²) in [6, 6.07) is 0. The van der Waals surface area contributed by atoms with Crippen LogP contribution >= 0.6 is 0 Å². The Morgan fingerprint density at radius 2 is 1.36 bits per heavy atom. The van der Waals surface area contributed by atoms with E-state index < -0.39 is 8.07 Å². The Hall–Kier alpha value is -1.10. The maximum Gasteiger partial charge on any atom is 0.130 e. The molecule has 0 aromatic heterocycles. The van der Waals surface area contributed by atoms with Crippen LogP contribution in [0.2, 0.25) is 19.6 Å². The molecule has 0 aliphatic heterocycles. The molecule has 0 aromatic rings. The van der Waals surface area contributed by atoms with Gasteiger partial charge in [-0.2, -0.15) is 0 Å².